The number of nitrogens with one attached hydrogen (secondary N) is 3. The van der Waals surface area contributed by atoms with E-state index >= 15 is 0 Å². The molecule has 162 valence electrons. The minimum Gasteiger partial charge on any atom is -0.497 e. The highest BCUT2D eigenvalue weighted by Gasteiger charge is 2.19. The van der Waals surface area contributed by atoms with Gasteiger partial charge in [0.2, 0.25) is 5.91 Å². The number of hydrogen-bond donors (Lipinski definition) is 3. The highest BCUT2D eigenvalue weighted by Crippen LogP contribution is 2.26. The van der Waals surface area contributed by atoms with E-state index in [-0.39, 0.29) is 23.9 Å². The lowest BCUT2D eigenvalue weighted by molar-refractivity contribution is -0.119. The largest absolute Gasteiger partial charge is 0.497 e. The van der Waals surface area contributed by atoms with E-state index in [0.717, 1.165) is 5.56 Å². The van der Waals surface area contributed by atoms with Gasteiger partial charge < -0.3 is 15.4 Å². The number of methoxy groups -OCH3 is 1. The lowest BCUT2D eigenvalue weighted by Crippen LogP contribution is -2.41. The highest BCUT2D eigenvalue weighted by atomic mass is 16.5. The first-order valence-corrected chi connectivity index (χ1v) is 10.2. The van der Waals surface area contributed by atoms with Crippen LogP contribution in [0.25, 0.3) is 0 Å². The third-order valence-corrected chi connectivity index (χ3v) is 4.89. The molecule has 0 aromatic heterocycles. The van der Waals surface area contributed by atoms with Gasteiger partial charge in [0.25, 0.3) is 0 Å². The lowest BCUT2D eigenvalue weighted by Gasteiger charge is -2.25. The quantitative estimate of drug-likeness (QED) is 0.621. The standard InChI is InChI=1S/C24H33N3O3/c1-16(2)22(17-7-9-18(10-8-17)24(3,4)5)25-15-21(28)27-23(29)26-19-11-13-20(30-6)14-12-19/h7-14,16,22,25H,15H2,1-6H3,(H2,26,27,28,29). The second-order valence-corrected chi connectivity index (χ2v) is 8.71. The van der Waals surface area contributed by atoms with Crippen LogP contribution < -0.4 is 20.7 Å². The molecule has 1 atom stereocenters. The molecule has 0 spiro atoms. The summed E-state index contributed by atoms with van der Waals surface area (Å²) in [5, 5.41) is 8.25. The van der Waals surface area contributed by atoms with Gasteiger partial charge in [0.1, 0.15) is 5.75 Å². The molecule has 0 bridgehead atoms. The molecule has 0 radical (unpaired) electrons. The van der Waals surface area contributed by atoms with Gasteiger partial charge in [0.05, 0.1) is 13.7 Å². The van der Waals surface area contributed by atoms with Crippen molar-refractivity contribution in [1.29, 1.82) is 0 Å². The summed E-state index contributed by atoms with van der Waals surface area (Å²) in [7, 11) is 1.57. The van der Waals surface area contributed by atoms with Crippen molar-refractivity contribution in [3.05, 3.63) is 59.7 Å². The van der Waals surface area contributed by atoms with Crippen LogP contribution in [-0.4, -0.2) is 25.6 Å². The van der Waals surface area contributed by atoms with Crippen molar-refractivity contribution in [2.75, 3.05) is 19.0 Å². The predicted molar refractivity (Wildman–Crippen MR) is 121 cm³/mol. The van der Waals surface area contributed by atoms with Gasteiger partial charge in [-0.3, -0.25) is 10.1 Å². The molecule has 3 amide bonds. The average molecular weight is 412 g/mol. The lowest BCUT2D eigenvalue weighted by atomic mass is 9.85. The number of urea groups is 1. The Morgan fingerprint density at radius 2 is 1.57 bits per heavy atom. The molecule has 0 aliphatic heterocycles. The Balaban J connectivity index is 1.90. The van der Waals surface area contributed by atoms with Gasteiger partial charge >= 0.3 is 6.03 Å². The molecule has 0 saturated carbocycles. The average Bonchev–Trinajstić information content (AvgIpc) is 2.68. The second-order valence-electron chi connectivity index (χ2n) is 8.71. The first kappa shape index (κ1) is 23.4. The molecule has 2 aromatic carbocycles. The molecule has 2 aromatic rings. The summed E-state index contributed by atoms with van der Waals surface area (Å²) in [5.41, 5.74) is 3.06. The van der Waals surface area contributed by atoms with Gasteiger partial charge in [-0.25, -0.2) is 4.79 Å². The van der Waals surface area contributed by atoms with Crippen molar-refractivity contribution >= 4 is 17.6 Å². The fourth-order valence-corrected chi connectivity index (χ4v) is 3.14. The predicted octanol–water partition coefficient (Wildman–Crippen LogP) is 4.63. The number of anilines is 1. The van der Waals surface area contributed by atoms with Crippen LogP contribution in [0.5, 0.6) is 5.75 Å². The highest BCUT2D eigenvalue weighted by molar-refractivity contribution is 6.01. The van der Waals surface area contributed by atoms with Crippen molar-refractivity contribution in [3.8, 4) is 5.75 Å². The van der Waals surface area contributed by atoms with Crippen LogP contribution in [0.3, 0.4) is 0 Å². The first-order valence-electron chi connectivity index (χ1n) is 10.2. The van der Waals surface area contributed by atoms with Crippen LogP contribution in [0.2, 0.25) is 0 Å². The number of ether oxygens (including phenoxy) is 1. The van der Waals surface area contributed by atoms with E-state index in [1.54, 1.807) is 31.4 Å². The van der Waals surface area contributed by atoms with E-state index in [1.807, 2.05) is 0 Å². The van der Waals surface area contributed by atoms with Crippen molar-refractivity contribution in [2.24, 2.45) is 5.92 Å². The van der Waals surface area contributed by atoms with Crippen LogP contribution in [0.4, 0.5) is 10.5 Å². The molecular weight excluding hydrogens is 378 g/mol. The minimum atomic E-state index is -0.567. The normalized spacial score (nSPS) is 12.4. The van der Waals surface area contributed by atoms with E-state index in [0.29, 0.717) is 11.4 Å². The van der Waals surface area contributed by atoms with Crippen molar-refractivity contribution in [1.82, 2.24) is 10.6 Å². The Hall–Kier alpha value is -2.86. The monoisotopic (exact) mass is 411 g/mol. The molecule has 1 unspecified atom stereocenters. The fourth-order valence-electron chi connectivity index (χ4n) is 3.14. The molecular formula is C24H33N3O3. The molecule has 30 heavy (non-hydrogen) atoms. The summed E-state index contributed by atoms with van der Waals surface area (Å²) in [6.07, 6.45) is 0. The Morgan fingerprint density at radius 3 is 2.07 bits per heavy atom. The number of amides is 3. The zero-order chi connectivity index (χ0) is 22.3. The van der Waals surface area contributed by atoms with Gasteiger partial charge in [0, 0.05) is 11.7 Å². The van der Waals surface area contributed by atoms with E-state index in [2.05, 4.69) is 74.8 Å². The number of hydrogen-bond acceptors (Lipinski definition) is 4. The fraction of sp³-hybridized carbons (Fsp3) is 0.417. The molecule has 0 saturated heterocycles. The van der Waals surface area contributed by atoms with E-state index in [4.69, 9.17) is 4.74 Å². The van der Waals surface area contributed by atoms with E-state index in [9.17, 15) is 9.59 Å². The van der Waals surface area contributed by atoms with Crippen LogP contribution in [-0.2, 0) is 10.2 Å². The van der Waals surface area contributed by atoms with Crippen LogP contribution >= 0.6 is 0 Å². The van der Waals surface area contributed by atoms with Crippen LogP contribution in [0, 0.1) is 5.92 Å². The number of rotatable bonds is 7. The summed E-state index contributed by atoms with van der Waals surface area (Å²) in [5.74, 6) is 0.584. The van der Waals surface area contributed by atoms with Crippen LogP contribution in [0.15, 0.2) is 48.5 Å². The third kappa shape index (κ3) is 6.88. The number of imide groups is 1. The maximum Gasteiger partial charge on any atom is 0.325 e. The van der Waals surface area contributed by atoms with Crippen molar-refractivity contribution < 1.29 is 14.3 Å². The van der Waals surface area contributed by atoms with Gasteiger partial charge in [-0.1, -0.05) is 58.9 Å². The molecule has 0 heterocycles. The van der Waals surface area contributed by atoms with E-state index < -0.39 is 11.9 Å². The maximum atomic E-state index is 12.2. The summed E-state index contributed by atoms with van der Waals surface area (Å²) in [6.45, 7) is 10.8. The second kappa shape index (κ2) is 10.3. The van der Waals surface area contributed by atoms with Gasteiger partial charge in [-0.2, -0.15) is 0 Å². The van der Waals surface area contributed by atoms with Crippen LogP contribution in [0.1, 0.15) is 51.8 Å². The number of carbonyl (C=O) groups excluding carboxylic acids is 2. The summed E-state index contributed by atoms with van der Waals surface area (Å²) < 4.78 is 5.08. The molecule has 3 N–H and O–H groups in total. The third-order valence-electron chi connectivity index (χ3n) is 4.89. The Morgan fingerprint density at radius 1 is 0.967 bits per heavy atom. The minimum absolute atomic E-state index is 0.00872. The van der Waals surface area contributed by atoms with Gasteiger partial charge in [0.15, 0.2) is 0 Å². The summed E-state index contributed by atoms with van der Waals surface area (Å²) >= 11 is 0. The number of carbonyl (C=O) groups is 2. The summed E-state index contributed by atoms with van der Waals surface area (Å²) in [6, 6.07) is 14.8. The Labute approximate surface area is 179 Å². The van der Waals surface area contributed by atoms with Gasteiger partial charge in [-0.05, 0) is 46.7 Å². The molecule has 6 nitrogen and oxygen atoms in total. The molecule has 6 heteroatoms. The first-order chi connectivity index (χ1) is 14.1. The molecule has 2 rings (SSSR count). The maximum absolute atomic E-state index is 12.2. The number of benzene rings is 2. The Bertz CT molecular complexity index is 837. The molecule has 0 aliphatic rings. The SMILES string of the molecule is COc1ccc(NC(=O)NC(=O)CNC(c2ccc(C(C)(C)C)cc2)C(C)C)cc1. The van der Waals surface area contributed by atoms with Crippen molar-refractivity contribution in [3.63, 3.8) is 0 Å². The summed E-state index contributed by atoms with van der Waals surface area (Å²) in [4.78, 5) is 24.3. The zero-order valence-corrected chi connectivity index (χ0v) is 18.7. The topological polar surface area (TPSA) is 79.5 Å². The Kier molecular flexibility index (Phi) is 8.00. The van der Waals surface area contributed by atoms with Gasteiger partial charge in [-0.15, -0.1) is 0 Å². The molecule has 0 aliphatic carbocycles. The van der Waals surface area contributed by atoms with Crippen molar-refractivity contribution in [2.45, 2.75) is 46.1 Å². The molecule has 0 fully saturated rings. The smallest absolute Gasteiger partial charge is 0.325 e. The van der Waals surface area contributed by atoms with E-state index in [1.165, 1.54) is 5.56 Å². The zero-order valence-electron chi connectivity index (χ0n) is 18.7.